The molecule has 1 fully saturated rings. The second kappa shape index (κ2) is 7.74. The molecule has 26 heavy (non-hydrogen) atoms. The van der Waals surface area contributed by atoms with Gasteiger partial charge in [0.05, 0.1) is 22.6 Å². The number of benzene rings is 2. The highest BCUT2D eigenvalue weighted by molar-refractivity contribution is 8.00. The molecule has 4 rings (SSSR count). The van der Waals surface area contributed by atoms with Crippen molar-refractivity contribution in [1.82, 2.24) is 9.97 Å². The second-order valence-corrected chi connectivity index (χ2v) is 7.21. The van der Waals surface area contributed by atoms with Gasteiger partial charge < -0.3 is 10.2 Å². The van der Waals surface area contributed by atoms with Crippen LogP contribution in [0.15, 0.2) is 59.9 Å². The van der Waals surface area contributed by atoms with Gasteiger partial charge in [-0.05, 0) is 31.0 Å². The third kappa shape index (κ3) is 3.65. The summed E-state index contributed by atoms with van der Waals surface area (Å²) < 4.78 is 0. The van der Waals surface area contributed by atoms with Crippen LogP contribution in [-0.2, 0) is 4.79 Å². The molecule has 1 amide bonds. The molecule has 132 valence electrons. The molecule has 1 aromatic heterocycles. The first-order valence-corrected chi connectivity index (χ1v) is 9.76. The number of rotatable bonds is 5. The molecule has 5 nitrogen and oxygen atoms in total. The van der Waals surface area contributed by atoms with E-state index < -0.39 is 0 Å². The highest BCUT2D eigenvalue weighted by atomic mass is 32.2. The summed E-state index contributed by atoms with van der Waals surface area (Å²) in [7, 11) is 0. The van der Waals surface area contributed by atoms with Crippen LogP contribution in [0.3, 0.4) is 0 Å². The minimum Gasteiger partial charge on any atom is -0.370 e. The normalized spacial score (nSPS) is 13.9. The lowest BCUT2D eigenvalue weighted by atomic mass is 10.2. The lowest BCUT2D eigenvalue weighted by Gasteiger charge is -2.21. The summed E-state index contributed by atoms with van der Waals surface area (Å²) in [6, 6.07) is 15.9. The first-order chi connectivity index (χ1) is 12.8. The summed E-state index contributed by atoms with van der Waals surface area (Å²) in [5.74, 6) is 0.291. The van der Waals surface area contributed by atoms with Crippen molar-refractivity contribution in [2.24, 2.45) is 0 Å². The maximum Gasteiger partial charge on any atom is 0.234 e. The van der Waals surface area contributed by atoms with Crippen LogP contribution < -0.4 is 10.2 Å². The number of aromatic nitrogens is 2. The summed E-state index contributed by atoms with van der Waals surface area (Å²) in [5, 5.41) is 4.87. The lowest BCUT2D eigenvalue weighted by Crippen LogP contribution is -2.21. The van der Waals surface area contributed by atoms with Crippen molar-refractivity contribution in [3.05, 3.63) is 54.9 Å². The van der Waals surface area contributed by atoms with Crippen LogP contribution in [0.4, 0.5) is 11.4 Å². The smallest absolute Gasteiger partial charge is 0.234 e. The maximum absolute atomic E-state index is 12.5. The Morgan fingerprint density at radius 1 is 1.04 bits per heavy atom. The highest BCUT2D eigenvalue weighted by Crippen LogP contribution is 2.29. The van der Waals surface area contributed by atoms with Gasteiger partial charge in [0, 0.05) is 18.5 Å². The fourth-order valence-electron chi connectivity index (χ4n) is 3.23. The van der Waals surface area contributed by atoms with E-state index in [9.17, 15) is 4.79 Å². The second-order valence-electron chi connectivity index (χ2n) is 6.24. The molecule has 3 aromatic rings. The van der Waals surface area contributed by atoms with E-state index in [2.05, 4.69) is 26.3 Å². The Bertz CT molecular complexity index is 919. The topological polar surface area (TPSA) is 58.1 Å². The van der Waals surface area contributed by atoms with Crippen LogP contribution in [0.2, 0.25) is 0 Å². The van der Waals surface area contributed by atoms with Crippen molar-refractivity contribution in [1.29, 1.82) is 0 Å². The minimum atomic E-state index is -0.0238. The van der Waals surface area contributed by atoms with Gasteiger partial charge in [0.1, 0.15) is 11.4 Å². The number of carbonyl (C=O) groups is 1. The monoisotopic (exact) mass is 364 g/mol. The molecule has 0 bridgehead atoms. The van der Waals surface area contributed by atoms with Gasteiger partial charge in [0.15, 0.2) is 0 Å². The molecule has 0 radical (unpaired) electrons. The van der Waals surface area contributed by atoms with Gasteiger partial charge in [-0.25, -0.2) is 9.97 Å². The van der Waals surface area contributed by atoms with Gasteiger partial charge in [0.25, 0.3) is 0 Å². The molecule has 6 heteroatoms. The van der Waals surface area contributed by atoms with Crippen molar-refractivity contribution in [3.63, 3.8) is 0 Å². The molecule has 0 aliphatic carbocycles. The van der Waals surface area contributed by atoms with Crippen LogP contribution in [0.25, 0.3) is 10.9 Å². The summed E-state index contributed by atoms with van der Waals surface area (Å²) in [6.07, 6.45) is 3.96. The molecule has 1 saturated heterocycles. The van der Waals surface area contributed by atoms with Crippen molar-refractivity contribution in [3.8, 4) is 0 Å². The van der Waals surface area contributed by atoms with E-state index in [4.69, 9.17) is 0 Å². The van der Waals surface area contributed by atoms with Crippen LogP contribution >= 0.6 is 11.8 Å². The highest BCUT2D eigenvalue weighted by Gasteiger charge is 2.16. The Hall–Kier alpha value is -2.60. The molecular weight excluding hydrogens is 344 g/mol. The number of nitrogens with zero attached hydrogens (tertiary/aromatic N) is 3. The van der Waals surface area contributed by atoms with E-state index in [1.54, 1.807) is 6.33 Å². The van der Waals surface area contributed by atoms with Crippen molar-refractivity contribution in [2.75, 3.05) is 29.1 Å². The van der Waals surface area contributed by atoms with Crippen molar-refractivity contribution >= 4 is 39.9 Å². The molecule has 0 unspecified atom stereocenters. The van der Waals surface area contributed by atoms with E-state index in [1.807, 2.05) is 42.5 Å². The van der Waals surface area contributed by atoms with Crippen LogP contribution in [0.1, 0.15) is 12.8 Å². The summed E-state index contributed by atoms with van der Waals surface area (Å²) >= 11 is 1.44. The Kier molecular flexibility index (Phi) is 5.02. The summed E-state index contributed by atoms with van der Waals surface area (Å²) in [5.41, 5.74) is 2.88. The quantitative estimate of drug-likeness (QED) is 0.548. The van der Waals surface area contributed by atoms with Gasteiger partial charge in [-0.15, -0.1) is 0 Å². The van der Waals surface area contributed by atoms with Crippen molar-refractivity contribution in [2.45, 2.75) is 17.9 Å². The summed E-state index contributed by atoms with van der Waals surface area (Å²) in [6.45, 7) is 2.10. The zero-order valence-corrected chi connectivity index (χ0v) is 15.2. The predicted octanol–water partition coefficient (Wildman–Crippen LogP) is 3.96. The van der Waals surface area contributed by atoms with Gasteiger partial charge in [-0.3, -0.25) is 4.79 Å². The van der Waals surface area contributed by atoms with E-state index >= 15 is 0 Å². The van der Waals surface area contributed by atoms with Gasteiger partial charge in [0.2, 0.25) is 5.91 Å². The van der Waals surface area contributed by atoms with Gasteiger partial charge >= 0.3 is 0 Å². The fourth-order valence-corrected chi connectivity index (χ4v) is 4.02. The molecule has 0 saturated carbocycles. The molecule has 2 aromatic carbocycles. The number of nitrogens with one attached hydrogen (secondary N) is 1. The van der Waals surface area contributed by atoms with E-state index in [1.165, 1.54) is 24.6 Å². The van der Waals surface area contributed by atoms with E-state index in [0.29, 0.717) is 5.75 Å². The SMILES string of the molecule is O=C(CSc1ncnc2ccccc12)Nc1ccccc1N1CCCC1. The fraction of sp³-hybridized carbons (Fsp3) is 0.250. The van der Waals surface area contributed by atoms with Crippen LogP contribution in [0.5, 0.6) is 0 Å². The largest absolute Gasteiger partial charge is 0.370 e. The molecule has 0 atom stereocenters. The minimum absolute atomic E-state index is 0.0238. The van der Waals surface area contributed by atoms with Crippen molar-refractivity contribution < 1.29 is 4.79 Å². The standard InChI is InChI=1S/C20H20N4OS/c25-19(13-26-20-15-7-1-2-8-16(15)21-14-22-20)23-17-9-3-4-10-18(17)24-11-5-6-12-24/h1-4,7-10,14H,5-6,11-13H2,(H,23,25). The average molecular weight is 364 g/mol. The van der Waals surface area contributed by atoms with Gasteiger partial charge in [-0.2, -0.15) is 0 Å². The Morgan fingerprint density at radius 3 is 2.69 bits per heavy atom. The number of hydrogen-bond donors (Lipinski definition) is 1. The average Bonchev–Trinajstić information content (AvgIpc) is 3.21. The zero-order valence-electron chi connectivity index (χ0n) is 14.4. The first-order valence-electron chi connectivity index (χ1n) is 8.77. The number of fused-ring (bicyclic) bond motifs is 1. The number of amides is 1. The number of hydrogen-bond acceptors (Lipinski definition) is 5. The molecule has 1 N–H and O–H groups in total. The molecule has 1 aliphatic heterocycles. The summed E-state index contributed by atoms with van der Waals surface area (Å²) in [4.78, 5) is 23.4. The molecule has 1 aliphatic rings. The lowest BCUT2D eigenvalue weighted by molar-refractivity contribution is -0.113. The number of para-hydroxylation sites is 3. The van der Waals surface area contributed by atoms with Gasteiger partial charge in [-0.1, -0.05) is 42.1 Å². The first kappa shape index (κ1) is 16.8. The Balaban J connectivity index is 1.45. The number of thioether (sulfide) groups is 1. The Labute approximate surface area is 156 Å². The predicted molar refractivity (Wildman–Crippen MR) is 107 cm³/mol. The van der Waals surface area contributed by atoms with E-state index in [0.717, 1.165) is 40.4 Å². The molecule has 0 spiro atoms. The number of anilines is 2. The van der Waals surface area contributed by atoms with Crippen LogP contribution in [-0.4, -0.2) is 34.7 Å². The molecule has 2 heterocycles. The number of carbonyl (C=O) groups excluding carboxylic acids is 1. The third-order valence-corrected chi connectivity index (χ3v) is 5.48. The third-order valence-electron chi connectivity index (χ3n) is 4.47. The van der Waals surface area contributed by atoms with Crippen LogP contribution in [0, 0.1) is 0 Å². The molecular formula is C20H20N4OS. The Morgan fingerprint density at radius 2 is 1.81 bits per heavy atom. The zero-order chi connectivity index (χ0) is 17.8. The van der Waals surface area contributed by atoms with E-state index in [-0.39, 0.29) is 5.91 Å². The maximum atomic E-state index is 12.5.